The Labute approximate surface area is 105 Å². The van der Waals surface area contributed by atoms with Crippen LogP contribution in [0.1, 0.15) is 27.0 Å². The molecule has 0 aliphatic rings. The molecule has 0 atom stereocenters. The molecule has 0 aliphatic heterocycles. The standard InChI is InChI=1S/C14H14O2S/c1-9-4-5-13(16-3)11(6-9)14(15)12-8-17-7-10(12)2/h4-8H,1-3H3. The smallest absolute Gasteiger partial charge is 0.197 e. The van der Waals surface area contributed by atoms with Crippen LogP contribution in [-0.4, -0.2) is 12.9 Å². The number of ether oxygens (including phenoxy) is 1. The zero-order chi connectivity index (χ0) is 12.4. The molecule has 0 radical (unpaired) electrons. The van der Waals surface area contributed by atoms with Crippen molar-refractivity contribution in [3.63, 3.8) is 0 Å². The minimum Gasteiger partial charge on any atom is -0.496 e. The number of hydrogen-bond donors (Lipinski definition) is 0. The van der Waals surface area contributed by atoms with E-state index in [0.29, 0.717) is 11.3 Å². The molecular formula is C14H14O2S. The summed E-state index contributed by atoms with van der Waals surface area (Å²) < 4.78 is 5.24. The summed E-state index contributed by atoms with van der Waals surface area (Å²) >= 11 is 1.55. The molecule has 2 aromatic rings. The molecule has 2 nitrogen and oxygen atoms in total. The third kappa shape index (κ3) is 2.24. The van der Waals surface area contributed by atoms with E-state index < -0.39 is 0 Å². The van der Waals surface area contributed by atoms with Crippen molar-refractivity contribution in [2.24, 2.45) is 0 Å². The van der Waals surface area contributed by atoms with Crippen LogP contribution < -0.4 is 4.74 Å². The lowest BCUT2D eigenvalue weighted by Gasteiger charge is -2.08. The van der Waals surface area contributed by atoms with Crippen LogP contribution in [0.5, 0.6) is 5.75 Å². The number of benzene rings is 1. The number of hydrogen-bond acceptors (Lipinski definition) is 3. The normalized spacial score (nSPS) is 10.3. The van der Waals surface area contributed by atoms with E-state index in [4.69, 9.17) is 4.74 Å². The molecule has 0 saturated carbocycles. The van der Waals surface area contributed by atoms with E-state index in [1.165, 1.54) is 0 Å². The van der Waals surface area contributed by atoms with E-state index in [1.807, 2.05) is 42.8 Å². The van der Waals surface area contributed by atoms with E-state index in [-0.39, 0.29) is 5.78 Å². The molecule has 1 aromatic heterocycles. The van der Waals surface area contributed by atoms with Crippen molar-refractivity contribution in [1.82, 2.24) is 0 Å². The third-order valence-electron chi connectivity index (χ3n) is 2.70. The maximum Gasteiger partial charge on any atom is 0.197 e. The Morgan fingerprint density at radius 1 is 1.18 bits per heavy atom. The van der Waals surface area contributed by atoms with Crippen LogP contribution in [0.2, 0.25) is 0 Å². The summed E-state index contributed by atoms with van der Waals surface area (Å²) in [7, 11) is 1.59. The van der Waals surface area contributed by atoms with Crippen LogP contribution in [-0.2, 0) is 0 Å². The van der Waals surface area contributed by atoms with Crippen LogP contribution in [0.3, 0.4) is 0 Å². The van der Waals surface area contributed by atoms with Crippen molar-refractivity contribution >= 4 is 17.1 Å². The van der Waals surface area contributed by atoms with Crippen molar-refractivity contribution in [2.45, 2.75) is 13.8 Å². The minimum absolute atomic E-state index is 0.0318. The first-order valence-corrected chi connectivity index (χ1v) is 6.30. The quantitative estimate of drug-likeness (QED) is 0.773. The largest absolute Gasteiger partial charge is 0.496 e. The Kier molecular flexibility index (Phi) is 3.29. The first-order valence-electron chi connectivity index (χ1n) is 5.35. The second-order valence-electron chi connectivity index (χ2n) is 4.00. The predicted octanol–water partition coefficient (Wildman–Crippen LogP) is 3.60. The second-order valence-corrected chi connectivity index (χ2v) is 4.74. The lowest BCUT2D eigenvalue weighted by atomic mass is 10.0. The van der Waals surface area contributed by atoms with Crippen LogP contribution in [0.15, 0.2) is 29.0 Å². The van der Waals surface area contributed by atoms with E-state index in [9.17, 15) is 4.79 Å². The number of carbonyl (C=O) groups is 1. The summed E-state index contributed by atoms with van der Waals surface area (Å²) in [6.07, 6.45) is 0. The second kappa shape index (κ2) is 4.72. The summed E-state index contributed by atoms with van der Waals surface area (Å²) in [5.74, 6) is 0.663. The molecule has 0 saturated heterocycles. The topological polar surface area (TPSA) is 26.3 Å². The molecule has 0 unspecified atom stereocenters. The Bertz CT molecular complexity index is 555. The molecule has 88 valence electrons. The van der Waals surface area contributed by atoms with Gasteiger partial charge < -0.3 is 4.74 Å². The molecule has 3 heteroatoms. The number of carbonyl (C=O) groups excluding carboxylic acids is 1. The van der Waals surface area contributed by atoms with Gasteiger partial charge >= 0.3 is 0 Å². The number of aryl methyl sites for hydroxylation is 2. The SMILES string of the molecule is COc1ccc(C)cc1C(=O)c1cscc1C. The molecule has 17 heavy (non-hydrogen) atoms. The fourth-order valence-electron chi connectivity index (χ4n) is 1.74. The summed E-state index contributed by atoms with van der Waals surface area (Å²) in [5, 5.41) is 3.87. The Balaban J connectivity index is 2.50. The molecular weight excluding hydrogens is 232 g/mol. The lowest BCUT2D eigenvalue weighted by Crippen LogP contribution is -2.04. The van der Waals surface area contributed by atoms with Gasteiger partial charge in [0.05, 0.1) is 12.7 Å². The third-order valence-corrected chi connectivity index (χ3v) is 3.56. The van der Waals surface area contributed by atoms with Crippen LogP contribution >= 0.6 is 11.3 Å². The molecule has 0 amide bonds. The van der Waals surface area contributed by atoms with Gasteiger partial charge in [0.25, 0.3) is 0 Å². The zero-order valence-corrected chi connectivity index (χ0v) is 10.9. The predicted molar refractivity (Wildman–Crippen MR) is 70.2 cm³/mol. The highest BCUT2D eigenvalue weighted by Crippen LogP contribution is 2.25. The number of methoxy groups -OCH3 is 1. The van der Waals surface area contributed by atoms with Gasteiger partial charge in [0.2, 0.25) is 0 Å². The van der Waals surface area contributed by atoms with Gasteiger partial charge in [0.15, 0.2) is 5.78 Å². The minimum atomic E-state index is 0.0318. The van der Waals surface area contributed by atoms with Gasteiger partial charge in [-0.3, -0.25) is 4.79 Å². The summed E-state index contributed by atoms with van der Waals surface area (Å²) in [4.78, 5) is 12.4. The van der Waals surface area contributed by atoms with Gasteiger partial charge in [-0.25, -0.2) is 0 Å². The fraction of sp³-hybridized carbons (Fsp3) is 0.214. The Morgan fingerprint density at radius 3 is 2.53 bits per heavy atom. The van der Waals surface area contributed by atoms with Gasteiger partial charge in [-0.2, -0.15) is 11.3 Å². The van der Waals surface area contributed by atoms with Gasteiger partial charge in [-0.15, -0.1) is 0 Å². The van der Waals surface area contributed by atoms with E-state index in [1.54, 1.807) is 18.4 Å². The van der Waals surface area contributed by atoms with Gasteiger partial charge in [0, 0.05) is 10.9 Å². The molecule has 0 N–H and O–H groups in total. The van der Waals surface area contributed by atoms with E-state index in [0.717, 1.165) is 16.7 Å². The Morgan fingerprint density at radius 2 is 1.94 bits per heavy atom. The molecule has 0 aliphatic carbocycles. The number of ketones is 1. The van der Waals surface area contributed by atoms with Crippen LogP contribution in [0.25, 0.3) is 0 Å². The summed E-state index contributed by atoms with van der Waals surface area (Å²) in [5.41, 5.74) is 3.47. The maximum absolute atomic E-state index is 12.4. The highest BCUT2D eigenvalue weighted by Gasteiger charge is 2.16. The average molecular weight is 246 g/mol. The average Bonchev–Trinajstić information content (AvgIpc) is 2.74. The molecule has 0 fully saturated rings. The van der Waals surface area contributed by atoms with Crippen molar-refractivity contribution in [1.29, 1.82) is 0 Å². The molecule has 1 aromatic carbocycles. The van der Waals surface area contributed by atoms with Crippen molar-refractivity contribution in [2.75, 3.05) is 7.11 Å². The lowest BCUT2D eigenvalue weighted by molar-refractivity contribution is 0.103. The molecule has 1 heterocycles. The van der Waals surface area contributed by atoms with Crippen molar-refractivity contribution in [3.8, 4) is 5.75 Å². The highest BCUT2D eigenvalue weighted by molar-refractivity contribution is 7.08. The molecule has 2 rings (SSSR count). The number of rotatable bonds is 3. The Hall–Kier alpha value is -1.61. The van der Waals surface area contributed by atoms with Gasteiger partial charge in [-0.1, -0.05) is 11.6 Å². The van der Waals surface area contributed by atoms with Crippen molar-refractivity contribution in [3.05, 3.63) is 51.2 Å². The number of thiophene rings is 1. The van der Waals surface area contributed by atoms with Crippen LogP contribution in [0, 0.1) is 13.8 Å². The van der Waals surface area contributed by atoms with E-state index in [2.05, 4.69) is 0 Å². The maximum atomic E-state index is 12.4. The van der Waals surface area contributed by atoms with Gasteiger partial charge in [-0.05, 0) is 36.9 Å². The first kappa shape index (κ1) is 11.9. The molecule has 0 spiro atoms. The van der Waals surface area contributed by atoms with Crippen molar-refractivity contribution < 1.29 is 9.53 Å². The summed E-state index contributed by atoms with van der Waals surface area (Å²) in [6.45, 7) is 3.92. The first-order chi connectivity index (χ1) is 8.13. The fourth-order valence-corrected chi connectivity index (χ4v) is 2.57. The molecule has 0 bridgehead atoms. The summed E-state index contributed by atoms with van der Waals surface area (Å²) in [6, 6.07) is 5.65. The zero-order valence-electron chi connectivity index (χ0n) is 10.1. The van der Waals surface area contributed by atoms with Crippen LogP contribution in [0.4, 0.5) is 0 Å². The monoisotopic (exact) mass is 246 g/mol. The van der Waals surface area contributed by atoms with E-state index >= 15 is 0 Å². The van der Waals surface area contributed by atoms with Gasteiger partial charge in [0.1, 0.15) is 5.75 Å². The highest BCUT2D eigenvalue weighted by atomic mass is 32.1.